The molecular weight excluding hydrogens is 420 g/mol. The van der Waals surface area contributed by atoms with Crippen LogP contribution in [0.2, 0.25) is 0 Å². The summed E-state index contributed by atoms with van der Waals surface area (Å²) in [6.07, 6.45) is 0. The minimum Gasteiger partial charge on any atom is -0.465 e. The fourth-order valence-electron chi connectivity index (χ4n) is 2.47. The summed E-state index contributed by atoms with van der Waals surface area (Å²) >= 11 is 0.819. The highest BCUT2D eigenvalue weighted by Gasteiger charge is 2.28. The highest BCUT2D eigenvalue weighted by molar-refractivity contribution is 7.18. The summed E-state index contributed by atoms with van der Waals surface area (Å²) in [6.45, 7) is 1.51. The summed E-state index contributed by atoms with van der Waals surface area (Å²) in [4.78, 5) is 59.0. The molecule has 2 aromatic rings. The lowest BCUT2D eigenvalue weighted by molar-refractivity contribution is -0.394. The van der Waals surface area contributed by atoms with Crippen LogP contribution in [0.5, 0.6) is 0 Å². The number of hydrogen-bond acceptors (Lipinski definition) is 9. The Labute approximate surface area is 173 Å². The molecule has 0 aliphatic carbocycles. The first kappa shape index (κ1) is 22.4. The van der Waals surface area contributed by atoms with Crippen LogP contribution in [0.3, 0.4) is 0 Å². The van der Waals surface area contributed by atoms with E-state index in [2.05, 4.69) is 5.32 Å². The minimum absolute atomic E-state index is 0.0243. The van der Waals surface area contributed by atoms with Gasteiger partial charge in [-0.05, 0) is 12.5 Å². The molecule has 0 aliphatic heterocycles. The van der Waals surface area contributed by atoms with Gasteiger partial charge in [-0.2, -0.15) is 0 Å². The molecule has 0 bridgehead atoms. The quantitative estimate of drug-likeness (QED) is 0.410. The maximum absolute atomic E-state index is 12.7. The Hall–Kier alpha value is -3.87. The fraction of sp³-hybridized carbons (Fsp3) is 0.235. The summed E-state index contributed by atoms with van der Waals surface area (Å²) in [5, 5.41) is 24.4. The van der Waals surface area contributed by atoms with E-state index in [1.54, 1.807) is 0 Å². The monoisotopic (exact) mass is 436 g/mol. The number of methoxy groups -OCH3 is 1. The van der Waals surface area contributed by atoms with Gasteiger partial charge in [0.25, 0.3) is 23.2 Å². The van der Waals surface area contributed by atoms with Crippen LogP contribution in [0.15, 0.2) is 18.2 Å². The highest BCUT2D eigenvalue weighted by Crippen LogP contribution is 2.35. The van der Waals surface area contributed by atoms with Gasteiger partial charge in [-0.15, -0.1) is 11.3 Å². The van der Waals surface area contributed by atoms with E-state index < -0.39 is 39.0 Å². The molecule has 2 amide bonds. The molecule has 0 atom stereocenters. The number of nitro benzene ring substituents is 2. The number of nitrogens with zero attached hydrogens (tertiary/aromatic N) is 3. The summed E-state index contributed by atoms with van der Waals surface area (Å²) < 4.78 is 4.71. The van der Waals surface area contributed by atoms with Crippen molar-refractivity contribution in [2.75, 3.05) is 26.5 Å². The SMILES string of the molecule is COC(=O)c1c(NC(=O)c2cc([N+](=O)[O-])cc([N+](=O)[O-])c2)sc(C(=O)N(C)C)c1C. The average Bonchev–Trinajstić information content (AvgIpc) is 3.01. The molecule has 2 rings (SSSR count). The Balaban J connectivity index is 2.54. The molecule has 13 heteroatoms. The number of rotatable bonds is 6. The number of benzene rings is 1. The molecule has 0 unspecified atom stereocenters. The van der Waals surface area contributed by atoms with Gasteiger partial charge in [0.1, 0.15) is 5.00 Å². The van der Waals surface area contributed by atoms with Gasteiger partial charge in [0, 0.05) is 26.2 Å². The second-order valence-electron chi connectivity index (χ2n) is 6.16. The number of carbonyl (C=O) groups excluding carboxylic acids is 3. The molecule has 0 fully saturated rings. The third-order valence-electron chi connectivity index (χ3n) is 3.95. The smallest absolute Gasteiger partial charge is 0.341 e. The van der Waals surface area contributed by atoms with Gasteiger partial charge in [-0.3, -0.25) is 29.8 Å². The molecule has 0 spiro atoms. The third kappa shape index (κ3) is 4.41. The predicted octanol–water partition coefficient (Wildman–Crippen LogP) is 2.61. The van der Waals surface area contributed by atoms with Crippen LogP contribution in [0.25, 0.3) is 0 Å². The van der Waals surface area contributed by atoms with Crippen molar-refractivity contribution in [1.29, 1.82) is 0 Å². The molecule has 158 valence electrons. The maximum Gasteiger partial charge on any atom is 0.341 e. The highest BCUT2D eigenvalue weighted by atomic mass is 32.1. The van der Waals surface area contributed by atoms with Crippen molar-refractivity contribution in [3.8, 4) is 0 Å². The topological polar surface area (TPSA) is 162 Å². The van der Waals surface area contributed by atoms with Crippen molar-refractivity contribution in [1.82, 2.24) is 4.90 Å². The molecule has 0 saturated heterocycles. The number of hydrogen-bond donors (Lipinski definition) is 1. The molecule has 0 saturated carbocycles. The van der Waals surface area contributed by atoms with Crippen LogP contribution in [0.4, 0.5) is 16.4 Å². The summed E-state index contributed by atoms with van der Waals surface area (Å²) in [7, 11) is 4.15. The average molecular weight is 436 g/mol. The number of ether oxygens (including phenoxy) is 1. The van der Waals surface area contributed by atoms with Gasteiger partial charge in [0.15, 0.2) is 0 Å². The molecule has 1 N–H and O–H groups in total. The first-order valence-electron chi connectivity index (χ1n) is 8.16. The van der Waals surface area contributed by atoms with Gasteiger partial charge in [0.2, 0.25) is 0 Å². The molecule has 1 aromatic carbocycles. The van der Waals surface area contributed by atoms with Crippen LogP contribution in [0.1, 0.15) is 36.0 Å². The Kier molecular flexibility index (Phi) is 6.46. The van der Waals surface area contributed by atoms with Crippen molar-refractivity contribution in [3.63, 3.8) is 0 Å². The van der Waals surface area contributed by atoms with E-state index in [0.717, 1.165) is 36.6 Å². The summed E-state index contributed by atoms with van der Waals surface area (Å²) in [5.41, 5.74) is -1.42. The van der Waals surface area contributed by atoms with Gasteiger partial charge in [0.05, 0.1) is 39.0 Å². The Morgan fingerprint density at radius 2 is 1.60 bits per heavy atom. The zero-order valence-electron chi connectivity index (χ0n) is 16.2. The lowest BCUT2D eigenvalue weighted by Gasteiger charge is -2.08. The van der Waals surface area contributed by atoms with Gasteiger partial charge in [-0.1, -0.05) is 0 Å². The molecule has 0 aliphatic rings. The van der Waals surface area contributed by atoms with Crippen molar-refractivity contribution >= 4 is 45.5 Å². The molecule has 12 nitrogen and oxygen atoms in total. The second kappa shape index (κ2) is 8.65. The van der Waals surface area contributed by atoms with Gasteiger partial charge >= 0.3 is 5.97 Å². The van der Waals surface area contributed by atoms with E-state index in [4.69, 9.17) is 4.74 Å². The van der Waals surface area contributed by atoms with Crippen molar-refractivity contribution < 1.29 is 29.0 Å². The third-order valence-corrected chi connectivity index (χ3v) is 5.15. The van der Waals surface area contributed by atoms with Crippen LogP contribution in [-0.4, -0.2) is 53.7 Å². The van der Waals surface area contributed by atoms with Crippen LogP contribution in [0, 0.1) is 27.2 Å². The van der Waals surface area contributed by atoms with Crippen LogP contribution in [-0.2, 0) is 4.74 Å². The van der Waals surface area contributed by atoms with E-state index in [-0.39, 0.29) is 26.6 Å². The van der Waals surface area contributed by atoms with E-state index in [0.29, 0.717) is 0 Å². The summed E-state index contributed by atoms with van der Waals surface area (Å²) in [5.74, 6) is -2.15. The predicted molar refractivity (Wildman–Crippen MR) is 106 cm³/mol. The lowest BCUT2D eigenvalue weighted by atomic mass is 10.1. The number of thiophene rings is 1. The second-order valence-corrected chi connectivity index (χ2v) is 7.18. The molecular formula is C17H16N4O8S. The van der Waals surface area contributed by atoms with Crippen LogP contribution < -0.4 is 5.32 Å². The maximum atomic E-state index is 12.7. The van der Waals surface area contributed by atoms with Crippen LogP contribution >= 0.6 is 11.3 Å². The zero-order chi connectivity index (χ0) is 22.7. The van der Waals surface area contributed by atoms with Crippen molar-refractivity contribution in [3.05, 3.63) is 60.0 Å². The molecule has 1 heterocycles. The summed E-state index contributed by atoms with van der Waals surface area (Å²) in [6, 6.07) is 2.46. The normalized spacial score (nSPS) is 10.3. The number of nitro groups is 2. The lowest BCUT2D eigenvalue weighted by Crippen LogP contribution is -2.21. The Bertz CT molecular complexity index is 1040. The number of amides is 2. The van der Waals surface area contributed by atoms with E-state index in [9.17, 15) is 34.6 Å². The van der Waals surface area contributed by atoms with E-state index >= 15 is 0 Å². The number of nitrogens with one attached hydrogen (secondary N) is 1. The first-order chi connectivity index (χ1) is 14.0. The van der Waals surface area contributed by atoms with Gasteiger partial charge < -0.3 is 15.0 Å². The van der Waals surface area contributed by atoms with Gasteiger partial charge in [-0.25, -0.2) is 4.79 Å². The minimum atomic E-state index is -0.933. The standard InChI is InChI=1S/C17H16N4O8S/c1-8-12(17(24)29-4)15(30-13(8)16(23)19(2)3)18-14(22)9-5-10(20(25)26)7-11(6-9)21(27)28/h5-7H,1-4H3,(H,18,22). The molecule has 1 aromatic heterocycles. The largest absolute Gasteiger partial charge is 0.465 e. The van der Waals surface area contributed by atoms with Crippen molar-refractivity contribution in [2.45, 2.75) is 6.92 Å². The van der Waals surface area contributed by atoms with E-state index in [1.165, 1.54) is 25.9 Å². The Morgan fingerprint density at radius 1 is 1.07 bits per heavy atom. The van der Waals surface area contributed by atoms with E-state index in [1.807, 2.05) is 0 Å². The van der Waals surface area contributed by atoms with Crippen molar-refractivity contribution in [2.24, 2.45) is 0 Å². The molecule has 0 radical (unpaired) electrons. The molecule has 30 heavy (non-hydrogen) atoms. The fourth-order valence-corrected chi connectivity index (χ4v) is 3.68. The number of esters is 1. The number of non-ortho nitro benzene ring substituents is 2. The number of anilines is 1. The number of carbonyl (C=O) groups is 3. The first-order valence-corrected chi connectivity index (χ1v) is 8.98. The Morgan fingerprint density at radius 3 is 2.03 bits per heavy atom. The zero-order valence-corrected chi connectivity index (χ0v) is 17.1.